The van der Waals surface area contributed by atoms with Crippen molar-refractivity contribution in [3.05, 3.63) is 5.82 Å². The lowest BCUT2D eigenvalue weighted by Crippen LogP contribution is -2.43. The Labute approximate surface area is 115 Å². The van der Waals surface area contributed by atoms with Crippen molar-refractivity contribution in [3.8, 4) is 0 Å². The second kappa shape index (κ2) is 7.55. The summed E-state index contributed by atoms with van der Waals surface area (Å²) in [5.74, 6) is 0.986. The van der Waals surface area contributed by atoms with Crippen LogP contribution in [0.25, 0.3) is 0 Å². The SMILES string of the molecule is CCCn1nnnc1CN(CC)CC1CCCCN1. The third-order valence-electron chi connectivity index (χ3n) is 3.74. The van der Waals surface area contributed by atoms with Crippen LogP contribution < -0.4 is 5.32 Å². The van der Waals surface area contributed by atoms with Gasteiger partial charge in [-0.1, -0.05) is 20.3 Å². The van der Waals surface area contributed by atoms with E-state index in [1.165, 1.54) is 19.3 Å². The summed E-state index contributed by atoms with van der Waals surface area (Å²) in [4.78, 5) is 2.43. The molecule has 0 bridgehead atoms. The van der Waals surface area contributed by atoms with Crippen LogP contribution in [0.5, 0.6) is 0 Å². The highest BCUT2D eigenvalue weighted by Gasteiger charge is 2.17. The number of aromatic nitrogens is 4. The third kappa shape index (κ3) is 4.24. The first-order chi connectivity index (χ1) is 9.33. The summed E-state index contributed by atoms with van der Waals surface area (Å²) < 4.78 is 1.93. The highest BCUT2D eigenvalue weighted by Crippen LogP contribution is 2.10. The molecule has 1 atom stereocenters. The van der Waals surface area contributed by atoms with E-state index in [2.05, 4.69) is 39.6 Å². The molecule has 2 rings (SSSR count). The average molecular weight is 266 g/mol. The van der Waals surface area contributed by atoms with Crippen LogP contribution in [0.2, 0.25) is 0 Å². The maximum absolute atomic E-state index is 4.16. The fourth-order valence-electron chi connectivity index (χ4n) is 2.62. The molecule has 0 saturated carbocycles. The minimum Gasteiger partial charge on any atom is -0.313 e. The summed E-state index contributed by atoms with van der Waals surface area (Å²) in [7, 11) is 0. The first-order valence-electron chi connectivity index (χ1n) is 7.54. The zero-order valence-electron chi connectivity index (χ0n) is 12.2. The third-order valence-corrected chi connectivity index (χ3v) is 3.74. The van der Waals surface area contributed by atoms with Crippen LogP contribution >= 0.6 is 0 Å². The zero-order chi connectivity index (χ0) is 13.5. The van der Waals surface area contributed by atoms with Crippen molar-refractivity contribution >= 4 is 0 Å². The first kappa shape index (κ1) is 14.4. The molecular weight excluding hydrogens is 240 g/mol. The molecule has 6 nitrogen and oxygen atoms in total. The first-order valence-corrected chi connectivity index (χ1v) is 7.54. The number of piperidine rings is 1. The van der Waals surface area contributed by atoms with E-state index in [4.69, 9.17) is 0 Å². The van der Waals surface area contributed by atoms with Crippen LogP contribution in [0.15, 0.2) is 0 Å². The van der Waals surface area contributed by atoms with Crippen LogP contribution in [0, 0.1) is 0 Å². The lowest BCUT2D eigenvalue weighted by atomic mass is 10.0. The minimum atomic E-state index is 0.629. The molecule has 19 heavy (non-hydrogen) atoms. The zero-order valence-corrected chi connectivity index (χ0v) is 12.2. The van der Waals surface area contributed by atoms with Gasteiger partial charge in [0.05, 0.1) is 6.54 Å². The van der Waals surface area contributed by atoms with Gasteiger partial charge in [0, 0.05) is 19.1 Å². The maximum Gasteiger partial charge on any atom is 0.165 e. The van der Waals surface area contributed by atoms with Crippen molar-refractivity contribution in [2.75, 3.05) is 19.6 Å². The number of likely N-dealkylation sites (N-methyl/N-ethyl adjacent to an activating group) is 1. The Bertz CT molecular complexity index is 358. The fraction of sp³-hybridized carbons (Fsp3) is 0.923. The molecule has 108 valence electrons. The Hall–Kier alpha value is -1.01. The highest BCUT2D eigenvalue weighted by molar-refractivity contribution is 4.83. The Kier molecular flexibility index (Phi) is 5.72. The van der Waals surface area contributed by atoms with E-state index in [-0.39, 0.29) is 0 Å². The molecule has 1 aromatic rings. The summed E-state index contributed by atoms with van der Waals surface area (Å²) in [5, 5.41) is 15.6. The van der Waals surface area contributed by atoms with Crippen molar-refractivity contribution in [1.82, 2.24) is 30.4 Å². The van der Waals surface area contributed by atoms with Gasteiger partial charge < -0.3 is 5.32 Å². The molecule has 0 aliphatic carbocycles. The van der Waals surface area contributed by atoms with E-state index in [1.54, 1.807) is 0 Å². The number of hydrogen-bond acceptors (Lipinski definition) is 5. The molecule has 0 aromatic carbocycles. The van der Waals surface area contributed by atoms with E-state index >= 15 is 0 Å². The van der Waals surface area contributed by atoms with Gasteiger partial charge in [0.25, 0.3) is 0 Å². The number of nitrogens with one attached hydrogen (secondary N) is 1. The Morgan fingerprint density at radius 2 is 2.26 bits per heavy atom. The number of nitrogens with zero attached hydrogens (tertiary/aromatic N) is 5. The van der Waals surface area contributed by atoms with Crippen LogP contribution in [-0.2, 0) is 13.1 Å². The Balaban J connectivity index is 1.88. The molecule has 2 heterocycles. The molecule has 0 amide bonds. The predicted molar refractivity (Wildman–Crippen MR) is 74.7 cm³/mol. The Morgan fingerprint density at radius 1 is 1.37 bits per heavy atom. The maximum atomic E-state index is 4.16. The largest absolute Gasteiger partial charge is 0.313 e. The minimum absolute atomic E-state index is 0.629. The van der Waals surface area contributed by atoms with E-state index in [1.807, 2.05) is 4.68 Å². The topological polar surface area (TPSA) is 58.9 Å². The van der Waals surface area contributed by atoms with Crippen molar-refractivity contribution in [3.63, 3.8) is 0 Å². The predicted octanol–water partition coefficient (Wildman–Crippen LogP) is 1.05. The number of aryl methyl sites for hydroxylation is 1. The van der Waals surface area contributed by atoms with Crippen LogP contribution in [0.1, 0.15) is 45.4 Å². The van der Waals surface area contributed by atoms with E-state index in [0.29, 0.717) is 6.04 Å². The molecule has 1 N–H and O–H groups in total. The normalized spacial score (nSPS) is 20.1. The number of hydrogen-bond donors (Lipinski definition) is 1. The van der Waals surface area contributed by atoms with Gasteiger partial charge in [-0.3, -0.25) is 4.90 Å². The van der Waals surface area contributed by atoms with Gasteiger partial charge in [-0.2, -0.15) is 0 Å². The van der Waals surface area contributed by atoms with Crippen LogP contribution in [-0.4, -0.2) is 50.8 Å². The summed E-state index contributed by atoms with van der Waals surface area (Å²) >= 11 is 0. The summed E-state index contributed by atoms with van der Waals surface area (Å²) in [6.07, 6.45) is 5.02. The van der Waals surface area contributed by atoms with Gasteiger partial charge in [0.2, 0.25) is 0 Å². The molecule has 1 aromatic heterocycles. The molecule has 0 spiro atoms. The average Bonchev–Trinajstić information content (AvgIpc) is 2.87. The summed E-state index contributed by atoms with van der Waals surface area (Å²) in [5.41, 5.74) is 0. The monoisotopic (exact) mass is 266 g/mol. The second-order valence-electron chi connectivity index (χ2n) is 5.29. The second-order valence-corrected chi connectivity index (χ2v) is 5.29. The van der Waals surface area contributed by atoms with Crippen molar-refractivity contribution in [2.24, 2.45) is 0 Å². The Morgan fingerprint density at radius 3 is 2.95 bits per heavy atom. The van der Waals surface area contributed by atoms with E-state index < -0.39 is 0 Å². The van der Waals surface area contributed by atoms with Crippen molar-refractivity contribution < 1.29 is 0 Å². The quantitative estimate of drug-likeness (QED) is 0.799. The van der Waals surface area contributed by atoms with Gasteiger partial charge in [0.15, 0.2) is 5.82 Å². The summed E-state index contributed by atoms with van der Waals surface area (Å²) in [6.45, 7) is 9.40. The molecule has 1 aliphatic rings. The smallest absolute Gasteiger partial charge is 0.165 e. The fourth-order valence-corrected chi connectivity index (χ4v) is 2.62. The van der Waals surface area contributed by atoms with Gasteiger partial charge >= 0.3 is 0 Å². The highest BCUT2D eigenvalue weighted by atomic mass is 15.5. The van der Waals surface area contributed by atoms with Gasteiger partial charge in [0.1, 0.15) is 0 Å². The standard InChI is InChI=1S/C13H26N6/c1-3-9-19-13(15-16-17-19)11-18(4-2)10-12-7-5-6-8-14-12/h12,14H,3-11H2,1-2H3. The lowest BCUT2D eigenvalue weighted by Gasteiger charge is -2.29. The van der Waals surface area contributed by atoms with Crippen LogP contribution in [0.3, 0.4) is 0 Å². The van der Waals surface area contributed by atoms with E-state index in [0.717, 1.165) is 45.0 Å². The van der Waals surface area contributed by atoms with Gasteiger partial charge in [-0.25, -0.2) is 4.68 Å². The molecule has 1 aliphatic heterocycles. The van der Waals surface area contributed by atoms with Crippen LogP contribution in [0.4, 0.5) is 0 Å². The molecule has 1 fully saturated rings. The molecule has 1 saturated heterocycles. The molecule has 0 radical (unpaired) electrons. The number of rotatable bonds is 7. The van der Waals surface area contributed by atoms with Gasteiger partial charge in [-0.15, -0.1) is 5.10 Å². The van der Waals surface area contributed by atoms with Crippen molar-refractivity contribution in [2.45, 2.75) is 58.7 Å². The van der Waals surface area contributed by atoms with E-state index in [9.17, 15) is 0 Å². The molecule has 6 heteroatoms. The van der Waals surface area contributed by atoms with Crippen molar-refractivity contribution in [1.29, 1.82) is 0 Å². The molecule has 1 unspecified atom stereocenters. The van der Waals surface area contributed by atoms with Gasteiger partial charge in [-0.05, 0) is 42.8 Å². The number of tetrazole rings is 1. The lowest BCUT2D eigenvalue weighted by molar-refractivity contribution is 0.218. The molecular formula is C13H26N6. The summed E-state index contributed by atoms with van der Waals surface area (Å²) in [6, 6.07) is 0.629.